The Hall–Kier alpha value is -1.44. The van der Waals surface area contributed by atoms with Crippen molar-refractivity contribution in [2.75, 3.05) is 5.73 Å². The fraction of sp³-hybridized carbons (Fsp3) is 0.357. The fourth-order valence-corrected chi connectivity index (χ4v) is 3.81. The summed E-state index contributed by atoms with van der Waals surface area (Å²) in [4.78, 5) is 5.52. The molecule has 1 aromatic heterocycles. The quantitative estimate of drug-likeness (QED) is 0.798. The van der Waals surface area contributed by atoms with Gasteiger partial charge >= 0.3 is 0 Å². The van der Waals surface area contributed by atoms with Gasteiger partial charge < -0.3 is 5.73 Å². The van der Waals surface area contributed by atoms with Crippen LogP contribution >= 0.6 is 11.3 Å². The first-order valence-electron chi connectivity index (χ1n) is 6.78. The predicted molar refractivity (Wildman–Crippen MR) is 85.7 cm³/mol. The van der Waals surface area contributed by atoms with Gasteiger partial charge in [0.15, 0.2) is 0 Å². The molecule has 5 nitrogen and oxygen atoms in total. The molecule has 0 unspecified atom stereocenters. The zero-order valence-electron chi connectivity index (χ0n) is 12.1. The third-order valence-electron chi connectivity index (χ3n) is 3.17. The first-order chi connectivity index (χ1) is 9.96. The minimum atomic E-state index is -3.57. The highest BCUT2D eigenvalue weighted by atomic mass is 32.2. The number of rotatable bonds is 6. The van der Waals surface area contributed by atoms with Crippen molar-refractivity contribution in [2.45, 2.75) is 38.1 Å². The van der Waals surface area contributed by atoms with Crippen LogP contribution in [0.2, 0.25) is 0 Å². The Morgan fingerprint density at radius 1 is 1.29 bits per heavy atom. The number of nitrogens with zero attached hydrogens (tertiary/aromatic N) is 1. The maximum Gasteiger partial charge on any atom is 0.241 e. The number of sulfonamides is 1. The number of thiazole rings is 1. The van der Waals surface area contributed by atoms with Crippen molar-refractivity contribution in [3.8, 4) is 0 Å². The van der Waals surface area contributed by atoms with E-state index in [1.54, 1.807) is 18.3 Å². The minimum Gasteiger partial charge on any atom is -0.398 e. The normalized spacial score (nSPS) is 11.7. The van der Waals surface area contributed by atoms with Crippen LogP contribution < -0.4 is 10.5 Å². The first-order valence-corrected chi connectivity index (χ1v) is 9.08. The molecule has 0 aliphatic carbocycles. The Kier molecular flexibility index (Phi) is 4.97. The molecule has 0 amide bonds. The Balaban J connectivity index is 2.12. The summed E-state index contributed by atoms with van der Waals surface area (Å²) in [5, 5.41) is 0.758. The molecule has 1 aromatic carbocycles. The molecular weight excluding hydrogens is 306 g/mol. The van der Waals surface area contributed by atoms with Crippen LogP contribution in [0.4, 0.5) is 5.69 Å². The summed E-state index contributed by atoms with van der Waals surface area (Å²) in [5.74, 6) is 0. The van der Waals surface area contributed by atoms with Gasteiger partial charge in [-0.25, -0.2) is 18.1 Å². The molecule has 1 heterocycles. The maximum atomic E-state index is 12.2. The molecule has 0 fully saturated rings. The van der Waals surface area contributed by atoms with Crippen molar-refractivity contribution in [1.82, 2.24) is 9.71 Å². The molecule has 0 radical (unpaired) electrons. The number of aryl methyl sites for hydroxylation is 2. The zero-order valence-corrected chi connectivity index (χ0v) is 13.7. The lowest BCUT2D eigenvalue weighted by atomic mass is 10.1. The summed E-state index contributed by atoms with van der Waals surface area (Å²) < 4.78 is 27.0. The van der Waals surface area contributed by atoms with Crippen molar-refractivity contribution in [1.29, 1.82) is 0 Å². The maximum absolute atomic E-state index is 12.2. The van der Waals surface area contributed by atoms with E-state index in [9.17, 15) is 8.42 Å². The predicted octanol–water partition coefficient (Wildman–Crippen LogP) is 2.33. The number of nitrogens with two attached hydrogens (primary N) is 1. The van der Waals surface area contributed by atoms with Gasteiger partial charge in [0, 0.05) is 16.8 Å². The Bertz CT molecular complexity index is 724. The van der Waals surface area contributed by atoms with Gasteiger partial charge in [-0.1, -0.05) is 19.9 Å². The van der Waals surface area contributed by atoms with Crippen LogP contribution in [-0.2, 0) is 29.4 Å². The van der Waals surface area contributed by atoms with Crippen molar-refractivity contribution < 1.29 is 8.42 Å². The van der Waals surface area contributed by atoms with E-state index in [4.69, 9.17) is 5.73 Å². The molecule has 2 aromatic rings. The van der Waals surface area contributed by atoms with E-state index in [1.807, 2.05) is 13.8 Å². The van der Waals surface area contributed by atoms with Crippen molar-refractivity contribution in [2.24, 2.45) is 0 Å². The molecule has 0 bridgehead atoms. The zero-order chi connectivity index (χ0) is 15.5. The smallest absolute Gasteiger partial charge is 0.241 e. The van der Waals surface area contributed by atoms with Crippen LogP contribution in [0.5, 0.6) is 0 Å². The largest absolute Gasteiger partial charge is 0.398 e. The Labute approximate surface area is 129 Å². The third kappa shape index (κ3) is 3.81. The molecule has 0 saturated heterocycles. The molecule has 7 heteroatoms. The molecular formula is C14H19N3O2S2. The van der Waals surface area contributed by atoms with Crippen molar-refractivity contribution in [3.05, 3.63) is 39.8 Å². The lowest BCUT2D eigenvalue weighted by Crippen LogP contribution is -2.23. The third-order valence-corrected chi connectivity index (χ3v) is 5.71. The van der Waals surface area contributed by atoms with E-state index >= 15 is 0 Å². The van der Waals surface area contributed by atoms with Crippen LogP contribution in [0.3, 0.4) is 0 Å². The summed E-state index contributed by atoms with van der Waals surface area (Å²) in [6.45, 7) is 4.22. The van der Waals surface area contributed by atoms with Gasteiger partial charge in [-0.3, -0.25) is 0 Å². The van der Waals surface area contributed by atoms with Gasteiger partial charge in [0.25, 0.3) is 0 Å². The molecule has 0 spiro atoms. The number of nitrogen functional groups attached to an aromatic ring is 1. The van der Waals surface area contributed by atoms with Crippen molar-refractivity contribution in [3.63, 3.8) is 0 Å². The highest BCUT2D eigenvalue weighted by molar-refractivity contribution is 7.89. The van der Waals surface area contributed by atoms with E-state index in [2.05, 4.69) is 9.71 Å². The van der Waals surface area contributed by atoms with Crippen LogP contribution in [-0.4, -0.2) is 13.4 Å². The van der Waals surface area contributed by atoms with Gasteiger partial charge in [0.2, 0.25) is 10.0 Å². The average molecular weight is 325 g/mol. The van der Waals surface area contributed by atoms with Gasteiger partial charge in [0.1, 0.15) is 5.01 Å². The number of anilines is 1. The monoisotopic (exact) mass is 325 g/mol. The summed E-state index contributed by atoms with van der Waals surface area (Å²) >= 11 is 1.52. The number of nitrogens with one attached hydrogen (secondary N) is 1. The Morgan fingerprint density at radius 3 is 2.62 bits per heavy atom. The lowest BCUT2D eigenvalue weighted by Gasteiger charge is -2.08. The number of hydrogen-bond acceptors (Lipinski definition) is 5. The minimum absolute atomic E-state index is 0.185. The van der Waals surface area contributed by atoms with Gasteiger partial charge in [-0.05, 0) is 30.5 Å². The SMILES string of the molecule is CCc1cnc(CNS(=O)(=O)c2ccc(CC)c(N)c2)s1. The molecule has 0 atom stereocenters. The number of aromatic nitrogens is 1. The topological polar surface area (TPSA) is 85.1 Å². The first kappa shape index (κ1) is 15.9. The molecule has 21 heavy (non-hydrogen) atoms. The van der Waals surface area contributed by atoms with Crippen molar-refractivity contribution >= 4 is 27.0 Å². The second kappa shape index (κ2) is 6.55. The van der Waals surface area contributed by atoms with Crippen LogP contribution in [0.25, 0.3) is 0 Å². The van der Waals surface area contributed by atoms with Crippen LogP contribution in [0, 0.1) is 0 Å². The highest BCUT2D eigenvalue weighted by Crippen LogP contribution is 2.19. The molecule has 3 N–H and O–H groups in total. The molecule has 0 aliphatic rings. The molecule has 0 saturated carbocycles. The van der Waals surface area contributed by atoms with Gasteiger partial charge in [0.05, 0.1) is 11.4 Å². The Morgan fingerprint density at radius 2 is 2.05 bits per heavy atom. The summed E-state index contributed by atoms with van der Waals surface area (Å²) in [6, 6.07) is 4.83. The summed E-state index contributed by atoms with van der Waals surface area (Å²) in [5.41, 5.74) is 7.30. The second-order valence-corrected chi connectivity index (χ2v) is 7.58. The molecule has 0 aliphatic heterocycles. The molecule has 114 valence electrons. The van der Waals surface area contributed by atoms with E-state index in [0.717, 1.165) is 28.3 Å². The summed E-state index contributed by atoms with van der Waals surface area (Å²) in [6.07, 6.45) is 3.46. The standard InChI is InChI=1S/C14H19N3O2S2/c1-3-10-5-6-12(7-13(10)15)21(18,19)17-9-14-16-8-11(4-2)20-14/h5-8,17H,3-4,9,15H2,1-2H3. The van der Waals surface area contributed by atoms with Crippen LogP contribution in [0.1, 0.15) is 29.3 Å². The van der Waals surface area contributed by atoms with E-state index in [1.165, 1.54) is 17.4 Å². The average Bonchev–Trinajstić information content (AvgIpc) is 2.93. The lowest BCUT2D eigenvalue weighted by molar-refractivity contribution is 0.581. The van der Waals surface area contributed by atoms with Gasteiger partial charge in [-0.2, -0.15) is 0 Å². The number of benzene rings is 1. The number of hydrogen-bond donors (Lipinski definition) is 2. The fourth-order valence-electron chi connectivity index (χ4n) is 1.90. The van der Waals surface area contributed by atoms with E-state index in [0.29, 0.717) is 5.69 Å². The van der Waals surface area contributed by atoms with Gasteiger partial charge in [-0.15, -0.1) is 11.3 Å². The van der Waals surface area contributed by atoms with E-state index in [-0.39, 0.29) is 11.4 Å². The highest BCUT2D eigenvalue weighted by Gasteiger charge is 2.15. The second-order valence-electron chi connectivity index (χ2n) is 4.61. The molecule has 2 rings (SSSR count). The van der Waals surface area contributed by atoms with Crippen LogP contribution in [0.15, 0.2) is 29.3 Å². The van der Waals surface area contributed by atoms with E-state index < -0.39 is 10.0 Å². The summed E-state index contributed by atoms with van der Waals surface area (Å²) in [7, 11) is -3.57.